The molecule has 19 heavy (non-hydrogen) atoms. The van der Waals surface area contributed by atoms with E-state index in [0.29, 0.717) is 0 Å². The zero-order valence-corrected chi connectivity index (χ0v) is 10.7. The van der Waals surface area contributed by atoms with Gasteiger partial charge < -0.3 is 0 Å². The van der Waals surface area contributed by atoms with Crippen molar-refractivity contribution in [3.8, 4) is 0 Å². The highest BCUT2D eigenvalue weighted by Crippen LogP contribution is 2.59. The second kappa shape index (κ2) is 3.92. The van der Waals surface area contributed by atoms with Gasteiger partial charge in [0.1, 0.15) is 11.2 Å². The fourth-order valence-corrected chi connectivity index (χ4v) is 3.42. The molecule has 4 rings (SSSR count). The first kappa shape index (κ1) is 11.2. The predicted octanol–water partition coefficient (Wildman–Crippen LogP) is 3.92. The van der Waals surface area contributed by atoms with Crippen LogP contribution in [-0.2, 0) is 21.0 Å². The van der Waals surface area contributed by atoms with Crippen LogP contribution in [0.1, 0.15) is 30.4 Å². The van der Waals surface area contributed by atoms with Crippen molar-refractivity contribution in [3.63, 3.8) is 0 Å². The minimum absolute atomic E-state index is 0.253. The van der Waals surface area contributed by atoms with Crippen LogP contribution in [0.15, 0.2) is 60.7 Å². The molecule has 0 amide bonds. The van der Waals surface area contributed by atoms with E-state index in [2.05, 4.69) is 48.5 Å². The highest BCUT2D eigenvalue weighted by atomic mass is 17.2. The van der Waals surface area contributed by atoms with Gasteiger partial charge in [-0.3, -0.25) is 0 Å². The Morgan fingerprint density at radius 3 is 1.42 bits per heavy atom. The molecule has 1 saturated heterocycles. The Kier molecular flexibility index (Phi) is 2.32. The van der Waals surface area contributed by atoms with E-state index in [0.717, 1.165) is 19.3 Å². The molecule has 2 aliphatic rings. The molecule has 2 unspecified atom stereocenters. The van der Waals surface area contributed by atoms with Crippen molar-refractivity contribution in [1.29, 1.82) is 0 Å². The molecule has 0 spiro atoms. The summed E-state index contributed by atoms with van der Waals surface area (Å²) in [5.74, 6) is 0. The summed E-state index contributed by atoms with van der Waals surface area (Å²) >= 11 is 0. The van der Waals surface area contributed by atoms with Gasteiger partial charge in [0.05, 0.1) is 0 Å². The molecule has 1 saturated carbocycles. The molecule has 1 aliphatic heterocycles. The smallest absolute Gasteiger partial charge is 0.132 e. The van der Waals surface area contributed by atoms with Gasteiger partial charge in [-0.2, -0.15) is 0 Å². The Labute approximate surface area is 112 Å². The normalized spacial score (nSPS) is 32.6. The molecule has 0 N–H and O–H groups in total. The lowest BCUT2D eigenvalue weighted by atomic mass is 9.88. The van der Waals surface area contributed by atoms with Crippen LogP contribution in [0.4, 0.5) is 0 Å². The second-order valence-electron chi connectivity index (χ2n) is 5.56. The van der Waals surface area contributed by atoms with Crippen molar-refractivity contribution in [1.82, 2.24) is 0 Å². The van der Waals surface area contributed by atoms with E-state index >= 15 is 0 Å². The van der Waals surface area contributed by atoms with Gasteiger partial charge in [0.15, 0.2) is 0 Å². The van der Waals surface area contributed by atoms with E-state index in [4.69, 9.17) is 9.78 Å². The van der Waals surface area contributed by atoms with Crippen LogP contribution in [0.3, 0.4) is 0 Å². The average molecular weight is 252 g/mol. The van der Waals surface area contributed by atoms with Crippen LogP contribution >= 0.6 is 0 Å². The standard InChI is InChI=1S/C17H16O2/c1-3-7-14(8-4-1)16-11-12-17(13-16,19-18-16)15-9-5-2-6-10-15/h1-10H,11-13H2. The SMILES string of the molecule is c1ccc(C23CCC(c4ccccc4)(C2)OO3)cc1. The van der Waals surface area contributed by atoms with Crippen molar-refractivity contribution >= 4 is 0 Å². The lowest BCUT2D eigenvalue weighted by Crippen LogP contribution is -2.24. The van der Waals surface area contributed by atoms with E-state index in [1.165, 1.54) is 11.1 Å². The van der Waals surface area contributed by atoms with Crippen LogP contribution in [0.25, 0.3) is 0 Å². The van der Waals surface area contributed by atoms with Crippen molar-refractivity contribution in [2.75, 3.05) is 0 Å². The molecule has 0 aromatic heterocycles. The quantitative estimate of drug-likeness (QED) is 0.754. The Hall–Kier alpha value is -1.64. The fraction of sp³-hybridized carbons (Fsp3) is 0.294. The molecule has 2 heteroatoms. The zero-order valence-electron chi connectivity index (χ0n) is 10.7. The van der Waals surface area contributed by atoms with Crippen LogP contribution in [-0.4, -0.2) is 0 Å². The molecule has 2 fully saturated rings. The minimum Gasteiger partial charge on any atom is -0.224 e. The summed E-state index contributed by atoms with van der Waals surface area (Å²) in [5, 5.41) is 0. The van der Waals surface area contributed by atoms with E-state index in [9.17, 15) is 0 Å². The molecule has 2 aromatic carbocycles. The molecule has 2 atom stereocenters. The van der Waals surface area contributed by atoms with E-state index in [-0.39, 0.29) is 11.2 Å². The summed E-state index contributed by atoms with van der Waals surface area (Å²) < 4.78 is 0. The van der Waals surface area contributed by atoms with E-state index in [1.54, 1.807) is 0 Å². The van der Waals surface area contributed by atoms with Crippen molar-refractivity contribution < 1.29 is 9.78 Å². The zero-order chi connectivity index (χ0) is 12.8. The number of hydrogen-bond acceptors (Lipinski definition) is 2. The number of fused-ring (bicyclic) bond motifs is 2. The van der Waals surface area contributed by atoms with E-state index in [1.807, 2.05) is 12.1 Å². The number of benzene rings is 2. The van der Waals surface area contributed by atoms with Gasteiger partial charge in [0, 0.05) is 6.42 Å². The summed E-state index contributed by atoms with van der Waals surface area (Å²) in [6.45, 7) is 0. The largest absolute Gasteiger partial charge is 0.224 e. The molecule has 1 aliphatic carbocycles. The van der Waals surface area contributed by atoms with Gasteiger partial charge in [0.25, 0.3) is 0 Å². The Morgan fingerprint density at radius 1 is 0.632 bits per heavy atom. The molecule has 1 heterocycles. The number of rotatable bonds is 2. The van der Waals surface area contributed by atoms with Gasteiger partial charge >= 0.3 is 0 Å². The first-order chi connectivity index (χ1) is 9.33. The maximum atomic E-state index is 5.78. The topological polar surface area (TPSA) is 18.5 Å². The summed E-state index contributed by atoms with van der Waals surface area (Å²) in [6, 6.07) is 20.9. The average Bonchev–Trinajstić information content (AvgIpc) is 3.08. The van der Waals surface area contributed by atoms with Crippen LogP contribution in [0.5, 0.6) is 0 Å². The number of hydrogen-bond donors (Lipinski definition) is 0. The summed E-state index contributed by atoms with van der Waals surface area (Å²) in [5.41, 5.74) is 1.95. The van der Waals surface area contributed by atoms with Crippen LogP contribution < -0.4 is 0 Å². The summed E-state index contributed by atoms with van der Waals surface area (Å²) in [4.78, 5) is 11.6. The molecule has 0 radical (unpaired) electrons. The van der Waals surface area contributed by atoms with Gasteiger partial charge in [-0.1, -0.05) is 60.7 Å². The van der Waals surface area contributed by atoms with Gasteiger partial charge in [-0.15, -0.1) is 0 Å². The highest BCUT2D eigenvalue weighted by Gasteiger charge is 2.59. The second-order valence-corrected chi connectivity index (χ2v) is 5.56. The third-order valence-corrected chi connectivity index (χ3v) is 4.46. The molecule has 2 nitrogen and oxygen atoms in total. The summed E-state index contributed by atoms with van der Waals surface area (Å²) in [7, 11) is 0. The Balaban J connectivity index is 1.73. The Morgan fingerprint density at radius 2 is 1.05 bits per heavy atom. The van der Waals surface area contributed by atoms with Gasteiger partial charge in [-0.25, -0.2) is 9.78 Å². The van der Waals surface area contributed by atoms with Crippen molar-refractivity contribution in [3.05, 3.63) is 71.8 Å². The predicted molar refractivity (Wildman–Crippen MR) is 72.3 cm³/mol. The van der Waals surface area contributed by atoms with Crippen molar-refractivity contribution in [2.24, 2.45) is 0 Å². The lowest BCUT2D eigenvalue weighted by molar-refractivity contribution is -0.381. The maximum Gasteiger partial charge on any atom is 0.132 e. The molecule has 2 bridgehead atoms. The summed E-state index contributed by atoms with van der Waals surface area (Å²) in [6.07, 6.45) is 2.95. The molecular weight excluding hydrogens is 236 g/mol. The van der Waals surface area contributed by atoms with E-state index < -0.39 is 0 Å². The monoisotopic (exact) mass is 252 g/mol. The van der Waals surface area contributed by atoms with Gasteiger partial charge in [-0.05, 0) is 24.0 Å². The third-order valence-electron chi connectivity index (χ3n) is 4.46. The molecule has 2 aromatic rings. The van der Waals surface area contributed by atoms with Crippen LogP contribution in [0, 0.1) is 0 Å². The van der Waals surface area contributed by atoms with Crippen molar-refractivity contribution in [2.45, 2.75) is 30.5 Å². The fourth-order valence-electron chi connectivity index (χ4n) is 3.42. The maximum absolute atomic E-state index is 5.78. The molecule has 96 valence electrons. The minimum atomic E-state index is -0.253. The van der Waals surface area contributed by atoms with Gasteiger partial charge in [0.2, 0.25) is 0 Å². The molecular formula is C17H16O2. The van der Waals surface area contributed by atoms with Crippen LogP contribution in [0.2, 0.25) is 0 Å². The lowest BCUT2D eigenvalue weighted by Gasteiger charge is -2.27. The first-order valence-corrected chi connectivity index (χ1v) is 6.81. The third kappa shape index (κ3) is 1.57. The first-order valence-electron chi connectivity index (χ1n) is 6.81. The highest BCUT2D eigenvalue weighted by molar-refractivity contribution is 5.32. The Bertz CT molecular complexity index is 515.